The summed E-state index contributed by atoms with van der Waals surface area (Å²) in [6.45, 7) is 1.38. The third kappa shape index (κ3) is 3.81. The molecule has 1 atom stereocenters. The van der Waals surface area contributed by atoms with Crippen LogP contribution in [0, 0.1) is 0 Å². The zero-order chi connectivity index (χ0) is 15.5. The normalized spacial score (nSPS) is 12.8. The minimum absolute atomic E-state index is 0.0341. The van der Waals surface area contributed by atoms with E-state index in [1.807, 2.05) is 0 Å². The maximum Gasteiger partial charge on any atom is 0.429 e. The van der Waals surface area contributed by atoms with Crippen LogP contribution in [-0.4, -0.2) is 16.9 Å². The first-order chi connectivity index (χ1) is 9.88. The topological polar surface area (TPSA) is 39.2 Å². The number of Topliss-reactive ketones (excluding diaryl/α,β-unsaturated/α-hetero) is 1. The van der Waals surface area contributed by atoms with Gasteiger partial charge >= 0.3 is 6.18 Å². The average Bonchev–Trinajstić information content (AvgIpc) is 2.45. The number of pyridine rings is 1. The summed E-state index contributed by atoms with van der Waals surface area (Å²) in [4.78, 5) is 14.8. The summed E-state index contributed by atoms with van der Waals surface area (Å²) >= 11 is 0. The highest BCUT2D eigenvalue weighted by Crippen LogP contribution is 2.36. The number of carbonyl (C=O) groups excluding carboxylic acids is 1. The quantitative estimate of drug-likeness (QED) is 0.801. The molecule has 21 heavy (non-hydrogen) atoms. The molecule has 0 aliphatic heterocycles. The van der Waals surface area contributed by atoms with Crippen LogP contribution in [0.1, 0.15) is 28.9 Å². The van der Waals surface area contributed by atoms with Gasteiger partial charge in [-0.1, -0.05) is 0 Å². The van der Waals surface area contributed by atoms with Crippen LogP contribution < -0.4 is 4.74 Å². The first-order valence-corrected chi connectivity index (χ1v) is 6.12. The van der Waals surface area contributed by atoms with Gasteiger partial charge in [-0.05, 0) is 43.3 Å². The summed E-state index contributed by atoms with van der Waals surface area (Å²) in [6, 6.07) is 8.05. The van der Waals surface area contributed by atoms with Gasteiger partial charge in [-0.15, -0.1) is 0 Å². The summed E-state index contributed by atoms with van der Waals surface area (Å²) in [6.07, 6.45) is -4.09. The predicted molar refractivity (Wildman–Crippen MR) is 70.1 cm³/mol. The van der Waals surface area contributed by atoms with E-state index in [2.05, 4.69) is 4.98 Å². The van der Waals surface area contributed by atoms with Crippen LogP contribution >= 0.6 is 0 Å². The van der Waals surface area contributed by atoms with Gasteiger partial charge in [0.1, 0.15) is 5.75 Å². The average molecular weight is 295 g/mol. The van der Waals surface area contributed by atoms with Gasteiger partial charge in [-0.2, -0.15) is 13.2 Å². The van der Waals surface area contributed by atoms with E-state index in [0.717, 1.165) is 0 Å². The Morgan fingerprint density at radius 2 is 1.67 bits per heavy atom. The van der Waals surface area contributed by atoms with Gasteiger partial charge in [0.25, 0.3) is 0 Å². The molecule has 1 aromatic heterocycles. The first-order valence-electron chi connectivity index (χ1n) is 6.12. The molecule has 110 valence electrons. The van der Waals surface area contributed by atoms with Crippen molar-refractivity contribution in [3.05, 3.63) is 59.9 Å². The van der Waals surface area contributed by atoms with Crippen molar-refractivity contribution in [1.82, 2.24) is 4.98 Å². The molecule has 3 nitrogen and oxygen atoms in total. The Bertz CT molecular complexity index is 609. The molecule has 0 bridgehead atoms. The van der Waals surface area contributed by atoms with E-state index in [1.165, 1.54) is 55.7 Å². The monoisotopic (exact) mass is 295 g/mol. The van der Waals surface area contributed by atoms with Crippen LogP contribution in [0.15, 0.2) is 48.8 Å². The number of benzene rings is 1. The molecule has 6 heteroatoms. The third-order valence-corrected chi connectivity index (χ3v) is 2.82. The van der Waals surface area contributed by atoms with Crippen LogP contribution in [0.5, 0.6) is 5.75 Å². The Balaban J connectivity index is 2.26. The number of rotatable bonds is 4. The second-order valence-corrected chi connectivity index (χ2v) is 4.40. The van der Waals surface area contributed by atoms with Crippen molar-refractivity contribution >= 4 is 5.78 Å². The van der Waals surface area contributed by atoms with E-state index in [9.17, 15) is 18.0 Å². The van der Waals surface area contributed by atoms with Crippen molar-refractivity contribution < 1.29 is 22.7 Å². The highest BCUT2D eigenvalue weighted by Gasteiger charge is 2.43. The fourth-order valence-electron chi connectivity index (χ4n) is 1.77. The Hall–Kier alpha value is -2.37. The van der Waals surface area contributed by atoms with E-state index in [-0.39, 0.29) is 17.1 Å². The lowest BCUT2D eigenvalue weighted by Crippen LogP contribution is -2.26. The number of hydrogen-bond donors (Lipinski definition) is 0. The molecule has 0 aliphatic rings. The Morgan fingerprint density at radius 1 is 1.10 bits per heavy atom. The molecule has 0 N–H and O–H groups in total. The van der Waals surface area contributed by atoms with Crippen LogP contribution in [0.3, 0.4) is 0 Å². The third-order valence-electron chi connectivity index (χ3n) is 2.82. The second kappa shape index (κ2) is 5.95. The molecule has 1 heterocycles. The Morgan fingerprint density at radius 3 is 2.14 bits per heavy atom. The lowest BCUT2D eigenvalue weighted by atomic mass is 10.1. The molecule has 0 spiro atoms. The van der Waals surface area contributed by atoms with Gasteiger partial charge in [0.2, 0.25) is 6.10 Å². The zero-order valence-corrected chi connectivity index (χ0v) is 11.1. The van der Waals surface area contributed by atoms with Gasteiger partial charge in [0.15, 0.2) is 5.78 Å². The molecule has 0 aliphatic carbocycles. The molecule has 0 amide bonds. The number of ether oxygens (including phenoxy) is 1. The largest absolute Gasteiger partial charge is 0.476 e. The number of carbonyl (C=O) groups is 1. The molecular formula is C15H12F3NO2. The van der Waals surface area contributed by atoms with Gasteiger partial charge in [-0.25, -0.2) is 0 Å². The van der Waals surface area contributed by atoms with Gasteiger partial charge in [-0.3, -0.25) is 9.78 Å². The Kier molecular flexibility index (Phi) is 4.26. The summed E-state index contributed by atoms with van der Waals surface area (Å²) in [5.74, 6) is -0.123. The van der Waals surface area contributed by atoms with Crippen molar-refractivity contribution in [3.63, 3.8) is 0 Å². The lowest BCUT2D eigenvalue weighted by molar-refractivity contribution is -0.198. The zero-order valence-electron chi connectivity index (χ0n) is 11.1. The maximum atomic E-state index is 13.1. The molecule has 1 unspecified atom stereocenters. The van der Waals surface area contributed by atoms with Crippen LogP contribution in [0.4, 0.5) is 13.2 Å². The van der Waals surface area contributed by atoms with Crippen molar-refractivity contribution in [2.24, 2.45) is 0 Å². The summed E-state index contributed by atoms with van der Waals surface area (Å²) in [7, 11) is 0. The molecule has 2 aromatic rings. The van der Waals surface area contributed by atoms with Crippen LogP contribution in [0.25, 0.3) is 0 Å². The van der Waals surface area contributed by atoms with Crippen molar-refractivity contribution in [2.45, 2.75) is 19.2 Å². The van der Waals surface area contributed by atoms with Crippen LogP contribution in [0.2, 0.25) is 0 Å². The minimum Gasteiger partial charge on any atom is -0.476 e. The summed E-state index contributed by atoms with van der Waals surface area (Å²) in [5.41, 5.74) is 0.378. The molecule has 2 rings (SSSR count). The fourth-order valence-corrected chi connectivity index (χ4v) is 1.77. The number of nitrogens with zero attached hydrogens (tertiary/aromatic N) is 1. The van der Waals surface area contributed by atoms with E-state index >= 15 is 0 Å². The molecule has 0 radical (unpaired) electrons. The standard InChI is InChI=1S/C15H12F3NO2/c1-10(20)11-2-4-13(5-3-11)21-14(15(16,17)18)12-6-8-19-9-7-12/h2-9,14H,1H3. The molecule has 0 fully saturated rings. The van der Waals surface area contributed by atoms with Crippen LogP contribution in [-0.2, 0) is 0 Å². The van der Waals surface area contributed by atoms with Gasteiger partial charge < -0.3 is 4.74 Å². The number of ketones is 1. The van der Waals surface area contributed by atoms with Gasteiger partial charge in [0.05, 0.1) is 0 Å². The fraction of sp³-hybridized carbons (Fsp3) is 0.200. The van der Waals surface area contributed by atoms with E-state index < -0.39 is 12.3 Å². The number of halogens is 3. The lowest BCUT2D eigenvalue weighted by Gasteiger charge is -2.22. The highest BCUT2D eigenvalue weighted by atomic mass is 19.4. The number of alkyl halides is 3. The maximum absolute atomic E-state index is 13.1. The Labute approximate surface area is 119 Å². The van der Waals surface area contributed by atoms with Crippen molar-refractivity contribution in [1.29, 1.82) is 0 Å². The van der Waals surface area contributed by atoms with E-state index in [4.69, 9.17) is 4.74 Å². The smallest absolute Gasteiger partial charge is 0.429 e. The van der Waals surface area contributed by atoms with Gasteiger partial charge in [0, 0.05) is 23.5 Å². The summed E-state index contributed by atoms with van der Waals surface area (Å²) in [5, 5.41) is 0. The molecule has 0 saturated carbocycles. The number of aromatic nitrogens is 1. The van der Waals surface area contributed by atoms with E-state index in [0.29, 0.717) is 5.56 Å². The predicted octanol–water partition coefficient (Wildman–Crippen LogP) is 3.97. The first kappa shape index (κ1) is 15.0. The SMILES string of the molecule is CC(=O)c1ccc(OC(c2ccncc2)C(F)(F)F)cc1. The molecule has 1 aromatic carbocycles. The molecule has 0 saturated heterocycles. The second-order valence-electron chi connectivity index (χ2n) is 4.40. The van der Waals surface area contributed by atoms with Crippen molar-refractivity contribution in [3.8, 4) is 5.75 Å². The summed E-state index contributed by atoms with van der Waals surface area (Å²) < 4.78 is 44.3. The highest BCUT2D eigenvalue weighted by molar-refractivity contribution is 5.94. The molecular weight excluding hydrogens is 283 g/mol. The minimum atomic E-state index is -4.55. The van der Waals surface area contributed by atoms with Crippen molar-refractivity contribution in [2.75, 3.05) is 0 Å². The number of hydrogen-bond acceptors (Lipinski definition) is 3. The van der Waals surface area contributed by atoms with E-state index in [1.54, 1.807) is 0 Å².